The van der Waals surface area contributed by atoms with Crippen molar-refractivity contribution in [2.75, 3.05) is 0 Å². The van der Waals surface area contributed by atoms with Crippen molar-refractivity contribution < 1.29 is 9.90 Å². The second-order valence-corrected chi connectivity index (χ2v) is 5.79. The first kappa shape index (κ1) is 11.6. The van der Waals surface area contributed by atoms with E-state index in [1.807, 2.05) is 6.07 Å². The quantitative estimate of drug-likeness (QED) is 0.903. The van der Waals surface area contributed by atoms with Crippen molar-refractivity contribution in [1.82, 2.24) is 9.97 Å². The lowest BCUT2D eigenvalue weighted by Crippen LogP contribution is -2.25. The van der Waals surface area contributed by atoms with E-state index in [0.717, 1.165) is 40.9 Å². The Morgan fingerprint density at radius 3 is 3.00 bits per heavy atom. The van der Waals surface area contributed by atoms with E-state index in [0.29, 0.717) is 0 Å². The van der Waals surface area contributed by atoms with Crippen LogP contribution in [0.4, 0.5) is 0 Å². The Kier molecular flexibility index (Phi) is 2.99. The molecule has 5 heteroatoms. The summed E-state index contributed by atoms with van der Waals surface area (Å²) in [6.45, 7) is 0. The fourth-order valence-corrected chi connectivity index (χ4v) is 3.81. The largest absolute Gasteiger partial charge is 0.481 e. The summed E-state index contributed by atoms with van der Waals surface area (Å²) in [7, 11) is 0. The van der Waals surface area contributed by atoms with Gasteiger partial charge in [0.05, 0.1) is 27.3 Å². The van der Waals surface area contributed by atoms with Crippen LogP contribution in [0, 0.1) is 5.92 Å². The average molecular weight is 262 g/mol. The van der Waals surface area contributed by atoms with E-state index in [1.165, 1.54) is 0 Å². The zero-order chi connectivity index (χ0) is 12.5. The van der Waals surface area contributed by atoms with Crippen LogP contribution in [-0.4, -0.2) is 21.0 Å². The molecule has 2 aromatic heterocycles. The van der Waals surface area contributed by atoms with Gasteiger partial charge in [0.15, 0.2) is 0 Å². The Hall–Kier alpha value is -1.49. The molecule has 0 aliphatic heterocycles. The zero-order valence-corrected chi connectivity index (χ0v) is 10.7. The van der Waals surface area contributed by atoms with Crippen molar-refractivity contribution in [3.05, 3.63) is 23.5 Å². The van der Waals surface area contributed by atoms with Gasteiger partial charge in [0.1, 0.15) is 0 Å². The molecule has 1 fully saturated rings. The third-order valence-corrected chi connectivity index (χ3v) is 4.78. The number of hydrogen-bond donors (Lipinski definition) is 1. The van der Waals surface area contributed by atoms with Crippen LogP contribution in [0.5, 0.6) is 0 Å². The van der Waals surface area contributed by atoms with Crippen LogP contribution in [0.15, 0.2) is 18.5 Å². The van der Waals surface area contributed by atoms with E-state index in [9.17, 15) is 9.90 Å². The van der Waals surface area contributed by atoms with Crippen LogP contribution in [0.1, 0.15) is 36.6 Å². The highest BCUT2D eigenvalue weighted by molar-refractivity contribution is 7.18. The SMILES string of the molecule is O=C(O)C1CCCCC1c1nc2cnccc2s1. The molecule has 0 saturated heterocycles. The number of nitrogens with zero attached hydrogens (tertiary/aromatic N) is 2. The Labute approximate surface area is 109 Å². The van der Waals surface area contributed by atoms with Gasteiger partial charge in [-0.25, -0.2) is 4.98 Å². The van der Waals surface area contributed by atoms with Crippen molar-refractivity contribution in [2.45, 2.75) is 31.6 Å². The molecule has 1 aliphatic carbocycles. The molecule has 4 nitrogen and oxygen atoms in total. The molecule has 94 valence electrons. The van der Waals surface area contributed by atoms with Crippen LogP contribution < -0.4 is 0 Å². The van der Waals surface area contributed by atoms with E-state index < -0.39 is 5.97 Å². The van der Waals surface area contributed by atoms with Gasteiger partial charge in [0.25, 0.3) is 0 Å². The lowest BCUT2D eigenvalue weighted by Gasteiger charge is -2.26. The number of carboxylic acids is 1. The van der Waals surface area contributed by atoms with Crippen LogP contribution in [0.2, 0.25) is 0 Å². The maximum absolute atomic E-state index is 11.3. The van der Waals surface area contributed by atoms with Crippen LogP contribution in [-0.2, 0) is 4.79 Å². The number of fused-ring (bicyclic) bond motifs is 1. The maximum atomic E-state index is 11.3. The van der Waals surface area contributed by atoms with Gasteiger partial charge in [-0.2, -0.15) is 0 Å². The smallest absolute Gasteiger partial charge is 0.307 e. The van der Waals surface area contributed by atoms with E-state index >= 15 is 0 Å². The Balaban J connectivity index is 1.98. The molecule has 2 heterocycles. The van der Waals surface area contributed by atoms with E-state index in [4.69, 9.17) is 0 Å². The molecule has 1 N–H and O–H groups in total. The molecule has 0 amide bonds. The predicted molar refractivity (Wildman–Crippen MR) is 69.7 cm³/mol. The summed E-state index contributed by atoms with van der Waals surface area (Å²) in [5.74, 6) is -0.877. The maximum Gasteiger partial charge on any atom is 0.307 e. The Morgan fingerprint density at radius 1 is 1.39 bits per heavy atom. The van der Waals surface area contributed by atoms with Gasteiger partial charge in [-0.1, -0.05) is 12.8 Å². The highest BCUT2D eigenvalue weighted by Crippen LogP contribution is 2.40. The van der Waals surface area contributed by atoms with Crippen molar-refractivity contribution in [3.8, 4) is 0 Å². The monoisotopic (exact) mass is 262 g/mol. The van der Waals surface area contributed by atoms with Gasteiger partial charge in [-0.3, -0.25) is 9.78 Å². The molecule has 1 aliphatic rings. The molecule has 0 aromatic carbocycles. The lowest BCUT2D eigenvalue weighted by molar-refractivity contribution is -0.143. The number of carboxylic acid groups (broad SMARTS) is 1. The Bertz CT molecular complexity index is 548. The van der Waals surface area contributed by atoms with Crippen LogP contribution in [0.25, 0.3) is 10.2 Å². The normalized spacial score (nSPS) is 24.2. The van der Waals surface area contributed by atoms with Gasteiger partial charge >= 0.3 is 5.97 Å². The molecule has 1 saturated carbocycles. The highest BCUT2D eigenvalue weighted by Gasteiger charge is 2.33. The van der Waals surface area contributed by atoms with E-state index in [-0.39, 0.29) is 11.8 Å². The summed E-state index contributed by atoms with van der Waals surface area (Å²) in [6.07, 6.45) is 7.31. The third kappa shape index (κ3) is 1.99. The molecular formula is C13H14N2O2S. The number of hydrogen-bond acceptors (Lipinski definition) is 4. The van der Waals surface area contributed by atoms with E-state index in [1.54, 1.807) is 23.7 Å². The predicted octanol–water partition coefficient (Wildman–Crippen LogP) is 3.05. The topological polar surface area (TPSA) is 63.1 Å². The standard InChI is InChI=1S/C13H14N2O2S/c16-13(17)9-4-2-1-3-8(9)12-15-10-7-14-6-5-11(10)18-12/h5-9H,1-4H2,(H,16,17). The van der Waals surface area contributed by atoms with Crippen molar-refractivity contribution in [3.63, 3.8) is 0 Å². The van der Waals surface area contributed by atoms with Crippen molar-refractivity contribution >= 4 is 27.5 Å². The highest BCUT2D eigenvalue weighted by atomic mass is 32.1. The fourth-order valence-electron chi connectivity index (χ4n) is 2.68. The van der Waals surface area contributed by atoms with Gasteiger partial charge in [0, 0.05) is 12.1 Å². The summed E-state index contributed by atoms with van der Waals surface area (Å²) in [6, 6.07) is 1.94. The summed E-state index contributed by atoms with van der Waals surface area (Å²) in [4.78, 5) is 19.9. The number of rotatable bonds is 2. The number of thiazole rings is 1. The Morgan fingerprint density at radius 2 is 2.22 bits per heavy atom. The second kappa shape index (κ2) is 4.65. The first-order chi connectivity index (χ1) is 8.75. The molecule has 2 unspecified atom stereocenters. The van der Waals surface area contributed by atoms with Crippen LogP contribution in [0.3, 0.4) is 0 Å². The van der Waals surface area contributed by atoms with Crippen LogP contribution >= 0.6 is 11.3 Å². The number of aliphatic carboxylic acids is 1. The first-order valence-electron chi connectivity index (χ1n) is 6.19. The van der Waals surface area contributed by atoms with Crippen molar-refractivity contribution in [1.29, 1.82) is 0 Å². The molecule has 0 bridgehead atoms. The van der Waals surface area contributed by atoms with Gasteiger partial charge in [-0.05, 0) is 18.9 Å². The molecule has 18 heavy (non-hydrogen) atoms. The molecular weight excluding hydrogens is 248 g/mol. The second-order valence-electron chi connectivity index (χ2n) is 4.73. The number of carbonyl (C=O) groups is 1. The fraction of sp³-hybridized carbons (Fsp3) is 0.462. The minimum Gasteiger partial charge on any atom is -0.481 e. The molecule has 2 aromatic rings. The summed E-state index contributed by atoms with van der Waals surface area (Å²) >= 11 is 1.61. The summed E-state index contributed by atoms with van der Waals surface area (Å²) < 4.78 is 1.09. The molecule has 2 atom stereocenters. The summed E-state index contributed by atoms with van der Waals surface area (Å²) in [5.41, 5.74) is 0.882. The lowest BCUT2D eigenvalue weighted by atomic mass is 9.79. The molecule has 0 spiro atoms. The zero-order valence-electron chi connectivity index (χ0n) is 9.87. The average Bonchev–Trinajstić information content (AvgIpc) is 2.82. The minimum atomic E-state index is -0.683. The summed E-state index contributed by atoms with van der Waals surface area (Å²) in [5, 5.41) is 10.3. The third-order valence-electron chi connectivity index (χ3n) is 3.61. The van der Waals surface area contributed by atoms with Gasteiger partial charge in [0.2, 0.25) is 0 Å². The molecule has 3 rings (SSSR count). The van der Waals surface area contributed by atoms with Crippen molar-refractivity contribution in [2.24, 2.45) is 5.92 Å². The van der Waals surface area contributed by atoms with E-state index in [2.05, 4.69) is 9.97 Å². The first-order valence-corrected chi connectivity index (χ1v) is 7.00. The number of aromatic nitrogens is 2. The van der Waals surface area contributed by atoms with Gasteiger partial charge < -0.3 is 5.11 Å². The molecule has 0 radical (unpaired) electrons. The number of pyridine rings is 1. The van der Waals surface area contributed by atoms with Gasteiger partial charge in [-0.15, -0.1) is 11.3 Å². The minimum absolute atomic E-state index is 0.0775.